The van der Waals surface area contributed by atoms with E-state index in [9.17, 15) is 14.9 Å². The van der Waals surface area contributed by atoms with Crippen molar-refractivity contribution in [3.05, 3.63) is 34.1 Å². The Balaban J connectivity index is 2.02. The van der Waals surface area contributed by atoms with Gasteiger partial charge in [0.05, 0.1) is 29.3 Å². The van der Waals surface area contributed by atoms with Gasteiger partial charge < -0.3 is 15.4 Å². The molecule has 21 heavy (non-hydrogen) atoms. The number of aryl methyl sites for hydroxylation is 2. The summed E-state index contributed by atoms with van der Waals surface area (Å²) < 4.78 is 3.04. The molecule has 1 atom stereocenters. The highest BCUT2D eigenvalue weighted by atomic mass is 16.6. The predicted molar refractivity (Wildman–Crippen MR) is 74.6 cm³/mol. The molecule has 2 aromatic heterocycles. The number of rotatable bonds is 5. The first-order chi connectivity index (χ1) is 9.86. The fourth-order valence-electron chi connectivity index (χ4n) is 1.84. The minimum absolute atomic E-state index is 0.216. The third-order valence-electron chi connectivity index (χ3n) is 3.01. The molecule has 0 fully saturated rings. The number of nitrogens with zero attached hydrogens (tertiary/aromatic N) is 5. The molecule has 0 bridgehead atoms. The first kappa shape index (κ1) is 14.7. The Morgan fingerprint density at radius 3 is 2.76 bits per heavy atom. The summed E-state index contributed by atoms with van der Waals surface area (Å²) in [5, 5.41) is 21.3. The van der Waals surface area contributed by atoms with E-state index in [2.05, 4.69) is 15.5 Å². The second kappa shape index (κ2) is 5.73. The quantitative estimate of drug-likeness (QED) is 0.656. The fourth-order valence-corrected chi connectivity index (χ4v) is 1.84. The van der Waals surface area contributed by atoms with E-state index in [1.807, 2.05) is 0 Å². The Labute approximate surface area is 120 Å². The lowest BCUT2D eigenvalue weighted by Crippen LogP contribution is -2.25. The van der Waals surface area contributed by atoms with Crippen molar-refractivity contribution in [1.82, 2.24) is 19.6 Å². The van der Waals surface area contributed by atoms with E-state index in [1.165, 1.54) is 10.7 Å². The van der Waals surface area contributed by atoms with Crippen LogP contribution in [0.15, 0.2) is 18.3 Å². The second-order valence-electron chi connectivity index (χ2n) is 4.85. The first-order valence-electron chi connectivity index (χ1n) is 6.36. The number of amides is 1. The summed E-state index contributed by atoms with van der Waals surface area (Å²) in [5.74, 6) is -0.362. The second-order valence-corrected chi connectivity index (χ2v) is 4.85. The SMILES string of the molecule is Cc1cc([N+](=O)[O-])nn1CC(C)C(=O)Nc1ccn(C)n1. The molecule has 9 heteroatoms. The Kier molecular flexibility index (Phi) is 4.01. The molecule has 112 valence electrons. The summed E-state index contributed by atoms with van der Waals surface area (Å²) in [6.07, 6.45) is 1.72. The summed E-state index contributed by atoms with van der Waals surface area (Å²) in [6, 6.07) is 3.07. The average molecular weight is 292 g/mol. The Bertz CT molecular complexity index is 674. The van der Waals surface area contributed by atoms with E-state index >= 15 is 0 Å². The van der Waals surface area contributed by atoms with Gasteiger partial charge in [-0.3, -0.25) is 9.48 Å². The van der Waals surface area contributed by atoms with Crippen LogP contribution in [0.1, 0.15) is 12.6 Å². The predicted octanol–water partition coefficient (Wildman–Crippen LogP) is 1.11. The standard InChI is InChI=1S/C12H16N6O3/c1-8(12(19)13-10-4-5-16(3)14-10)7-17-9(2)6-11(15-17)18(20)21/h4-6,8H,7H2,1-3H3,(H,13,14,19). The minimum Gasteiger partial charge on any atom is -0.358 e. The van der Waals surface area contributed by atoms with Gasteiger partial charge in [0.25, 0.3) is 0 Å². The summed E-state index contributed by atoms with van der Waals surface area (Å²) >= 11 is 0. The molecule has 0 aliphatic carbocycles. The molecule has 0 aliphatic rings. The van der Waals surface area contributed by atoms with Gasteiger partial charge in [-0.1, -0.05) is 6.92 Å². The van der Waals surface area contributed by atoms with Crippen molar-refractivity contribution in [2.45, 2.75) is 20.4 Å². The van der Waals surface area contributed by atoms with Crippen molar-refractivity contribution < 1.29 is 9.72 Å². The summed E-state index contributed by atoms with van der Waals surface area (Å²) in [4.78, 5) is 22.2. The molecule has 0 saturated heterocycles. The van der Waals surface area contributed by atoms with Crippen LogP contribution in [-0.4, -0.2) is 30.4 Å². The zero-order chi connectivity index (χ0) is 15.6. The Morgan fingerprint density at radius 1 is 1.52 bits per heavy atom. The molecule has 2 rings (SSSR count). The number of anilines is 1. The van der Waals surface area contributed by atoms with E-state index in [-0.39, 0.29) is 18.3 Å². The van der Waals surface area contributed by atoms with Gasteiger partial charge >= 0.3 is 5.82 Å². The molecule has 0 saturated carbocycles. The monoisotopic (exact) mass is 292 g/mol. The van der Waals surface area contributed by atoms with Crippen LogP contribution in [-0.2, 0) is 18.4 Å². The molecule has 0 radical (unpaired) electrons. The summed E-state index contributed by atoms with van der Waals surface area (Å²) in [7, 11) is 1.76. The maximum Gasteiger partial charge on any atom is 0.390 e. The zero-order valence-electron chi connectivity index (χ0n) is 12.0. The lowest BCUT2D eigenvalue weighted by atomic mass is 10.1. The largest absolute Gasteiger partial charge is 0.390 e. The molecule has 0 spiro atoms. The molecule has 2 heterocycles. The Hall–Kier alpha value is -2.71. The van der Waals surface area contributed by atoms with E-state index in [1.54, 1.807) is 37.8 Å². The molecule has 1 unspecified atom stereocenters. The van der Waals surface area contributed by atoms with Crippen molar-refractivity contribution in [2.24, 2.45) is 13.0 Å². The van der Waals surface area contributed by atoms with Gasteiger partial charge in [0.1, 0.15) is 0 Å². The molecule has 0 aromatic carbocycles. The van der Waals surface area contributed by atoms with Gasteiger partial charge in [-0.2, -0.15) is 9.78 Å². The van der Waals surface area contributed by atoms with E-state index in [0.717, 1.165) is 0 Å². The van der Waals surface area contributed by atoms with E-state index in [0.29, 0.717) is 11.5 Å². The minimum atomic E-state index is -0.553. The van der Waals surface area contributed by atoms with Gasteiger partial charge in [-0.15, -0.1) is 0 Å². The van der Waals surface area contributed by atoms with Gasteiger partial charge in [-0.25, -0.2) is 0 Å². The summed E-state index contributed by atoms with van der Waals surface area (Å²) in [5.41, 5.74) is 0.638. The number of hydrogen-bond acceptors (Lipinski definition) is 5. The lowest BCUT2D eigenvalue weighted by molar-refractivity contribution is -0.389. The normalized spacial score (nSPS) is 12.1. The van der Waals surface area contributed by atoms with Crippen LogP contribution in [0.4, 0.5) is 11.6 Å². The molecule has 0 aliphatic heterocycles. The topological polar surface area (TPSA) is 108 Å². The lowest BCUT2D eigenvalue weighted by Gasteiger charge is -2.09. The highest BCUT2D eigenvalue weighted by Gasteiger charge is 2.21. The zero-order valence-corrected chi connectivity index (χ0v) is 12.0. The van der Waals surface area contributed by atoms with Crippen LogP contribution < -0.4 is 5.32 Å². The first-order valence-corrected chi connectivity index (χ1v) is 6.36. The van der Waals surface area contributed by atoms with Crippen molar-refractivity contribution in [2.75, 3.05) is 5.32 Å². The third kappa shape index (κ3) is 3.44. The molecule has 9 nitrogen and oxygen atoms in total. The van der Waals surface area contributed by atoms with Gasteiger partial charge in [0, 0.05) is 19.3 Å². The van der Waals surface area contributed by atoms with Crippen LogP contribution >= 0.6 is 0 Å². The number of nitrogens with one attached hydrogen (secondary N) is 1. The fraction of sp³-hybridized carbons (Fsp3) is 0.417. The van der Waals surface area contributed by atoms with Crippen molar-refractivity contribution in [3.63, 3.8) is 0 Å². The van der Waals surface area contributed by atoms with Gasteiger partial charge in [-0.05, 0) is 11.8 Å². The molecular weight excluding hydrogens is 276 g/mol. The van der Waals surface area contributed by atoms with Crippen molar-refractivity contribution in [1.29, 1.82) is 0 Å². The number of carbonyl (C=O) groups excluding carboxylic acids is 1. The number of aromatic nitrogens is 4. The molecule has 1 amide bonds. The van der Waals surface area contributed by atoms with E-state index in [4.69, 9.17) is 0 Å². The smallest absolute Gasteiger partial charge is 0.358 e. The van der Waals surface area contributed by atoms with Crippen LogP contribution in [0.2, 0.25) is 0 Å². The molecule has 2 aromatic rings. The van der Waals surface area contributed by atoms with Crippen LogP contribution in [0, 0.1) is 23.0 Å². The Morgan fingerprint density at radius 2 is 2.24 bits per heavy atom. The molecular formula is C12H16N6O3. The van der Waals surface area contributed by atoms with Crippen molar-refractivity contribution >= 4 is 17.5 Å². The van der Waals surface area contributed by atoms with Crippen molar-refractivity contribution in [3.8, 4) is 0 Å². The maximum atomic E-state index is 12.0. The van der Waals surface area contributed by atoms with Crippen LogP contribution in [0.3, 0.4) is 0 Å². The number of nitro groups is 1. The molecule has 1 N–H and O–H groups in total. The van der Waals surface area contributed by atoms with Gasteiger partial charge in [0.15, 0.2) is 5.82 Å². The van der Waals surface area contributed by atoms with E-state index < -0.39 is 10.8 Å². The highest BCUT2D eigenvalue weighted by molar-refractivity contribution is 5.91. The summed E-state index contributed by atoms with van der Waals surface area (Å²) in [6.45, 7) is 3.70. The van der Waals surface area contributed by atoms with Gasteiger partial charge in [0.2, 0.25) is 5.91 Å². The third-order valence-corrected chi connectivity index (χ3v) is 3.01. The highest BCUT2D eigenvalue weighted by Crippen LogP contribution is 2.13. The van der Waals surface area contributed by atoms with Crippen LogP contribution in [0.25, 0.3) is 0 Å². The number of hydrogen-bond donors (Lipinski definition) is 1. The average Bonchev–Trinajstić information content (AvgIpc) is 2.96. The van der Waals surface area contributed by atoms with Crippen LogP contribution in [0.5, 0.6) is 0 Å². The maximum absolute atomic E-state index is 12.0. The number of carbonyl (C=O) groups is 1.